The molecule has 0 spiro atoms. The molecule has 0 saturated carbocycles. The second-order valence-electron chi connectivity index (χ2n) is 3.99. The molecule has 0 aliphatic heterocycles. The van der Waals surface area contributed by atoms with Crippen molar-refractivity contribution in [3.8, 4) is 11.6 Å². The largest absolute Gasteiger partial charge is 0.430 e. The highest BCUT2D eigenvalue weighted by molar-refractivity contribution is 9.10. The van der Waals surface area contributed by atoms with E-state index in [1.165, 1.54) is 12.3 Å². The molecular formula is C12H9Br2N3O3. The Bertz CT molecular complexity index is 692. The van der Waals surface area contributed by atoms with Gasteiger partial charge in [-0.2, -0.15) is 0 Å². The number of nitro benzene ring substituents is 1. The normalized spacial score (nSPS) is 10.3. The van der Waals surface area contributed by atoms with Gasteiger partial charge >= 0.3 is 5.69 Å². The number of benzene rings is 1. The monoisotopic (exact) mass is 401 g/mol. The number of aryl methyl sites for hydroxylation is 1. The lowest BCUT2D eigenvalue weighted by Gasteiger charge is -2.10. The van der Waals surface area contributed by atoms with Crippen LogP contribution in [0.5, 0.6) is 11.6 Å². The molecular weight excluding hydrogens is 394 g/mol. The van der Waals surface area contributed by atoms with Gasteiger partial charge in [-0.05, 0) is 35.0 Å². The summed E-state index contributed by atoms with van der Waals surface area (Å²) in [6, 6.07) is 4.73. The van der Waals surface area contributed by atoms with Crippen LogP contribution in [0.25, 0.3) is 0 Å². The summed E-state index contributed by atoms with van der Waals surface area (Å²) in [6.07, 6.45) is 1.42. The maximum atomic E-state index is 11.1. The van der Waals surface area contributed by atoms with E-state index in [9.17, 15) is 10.1 Å². The number of anilines is 1. The number of aromatic nitrogens is 1. The topological polar surface area (TPSA) is 91.3 Å². The predicted octanol–water partition coefficient (Wildman–Crippen LogP) is 4.20. The first-order chi connectivity index (χ1) is 9.38. The fourth-order valence-electron chi connectivity index (χ4n) is 1.59. The molecule has 0 fully saturated rings. The Balaban J connectivity index is 2.50. The number of halogens is 2. The molecule has 20 heavy (non-hydrogen) atoms. The molecule has 0 aliphatic rings. The Morgan fingerprint density at radius 1 is 1.35 bits per heavy atom. The first-order valence-corrected chi connectivity index (χ1v) is 7.00. The molecule has 1 aromatic carbocycles. The van der Waals surface area contributed by atoms with Crippen LogP contribution in [-0.2, 0) is 0 Å². The van der Waals surface area contributed by atoms with E-state index in [4.69, 9.17) is 10.5 Å². The van der Waals surface area contributed by atoms with Crippen molar-refractivity contribution in [3.05, 3.63) is 49.0 Å². The van der Waals surface area contributed by atoms with Gasteiger partial charge in [-0.25, -0.2) is 4.98 Å². The lowest BCUT2D eigenvalue weighted by Crippen LogP contribution is -1.98. The van der Waals surface area contributed by atoms with Crippen LogP contribution in [0.2, 0.25) is 0 Å². The second kappa shape index (κ2) is 5.76. The minimum absolute atomic E-state index is 0.137. The van der Waals surface area contributed by atoms with Gasteiger partial charge in [-0.15, -0.1) is 0 Å². The van der Waals surface area contributed by atoms with E-state index in [0.717, 1.165) is 0 Å². The minimum Gasteiger partial charge on any atom is -0.430 e. The summed E-state index contributed by atoms with van der Waals surface area (Å²) < 4.78 is 6.70. The van der Waals surface area contributed by atoms with E-state index < -0.39 is 4.92 Å². The maximum absolute atomic E-state index is 11.1. The summed E-state index contributed by atoms with van der Waals surface area (Å²) in [4.78, 5) is 14.6. The van der Waals surface area contributed by atoms with Crippen molar-refractivity contribution in [2.24, 2.45) is 0 Å². The quantitative estimate of drug-likeness (QED) is 0.613. The van der Waals surface area contributed by atoms with Crippen molar-refractivity contribution >= 4 is 43.2 Å². The third-order valence-electron chi connectivity index (χ3n) is 2.44. The number of nitrogens with two attached hydrogens (primary N) is 1. The summed E-state index contributed by atoms with van der Waals surface area (Å²) in [7, 11) is 0. The van der Waals surface area contributed by atoms with Gasteiger partial charge in [-0.1, -0.05) is 15.9 Å². The van der Waals surface area contributed by atoms with Crippen LogP contribution in [0, 0.1) is 17.0 Å². The second-order valence-corrected chi connectivity index (χ2v) is 5.76. The Morgan fingerprint density at radius 3 is 2.65 bits per heavy atom. The number of nitrogens with zero attached hydrogens (tertiary/aromatic N) is 2. The zero-order chi connectivity index (χ0) is 14.9. The summed E-state index contributed by atoms with van der Waals surface area (Å²) in [6.45, 7) is 1.72. The van der Waals surface area contributed by atoms with Gasteiger partial charge in [-0.3, -0.25) is 10.1 Å². The van der Waals surface area contributed by atoms with E-state index in [0.29, 0.717) is 20.2 Å². The van der Waals surface area contributed by atoms with Gasteiger partial charge in [0.1, 0.15) is 0 Å². The molecule has 8 heteroatoms. The van der Waals surface area contributed by atoms with Crippen LogP contribution in [-0.4, -0.2) is 9.91 Å². The van der Waals surface area contributed by atoms with Crippen LogP contribution >= 0.6 is 31.9 Å². The summed E-state index contributed by atoms with van der Waals surface area (Å²) in [5.41, 5.74) is 6.54. The first kappa shape index (κ1) is 14.7. The minimum atomic E-state index is -0.502. The molecule has 0 unspecified atom stereocenters. The van der Waals surface area contributed by atoms with Crippen molar-refractivity contribution in [1.29, 1.82) is 0 Å². The van der Waals surface area contributed by atoms with E-state index >= 15 is 0 Å². The Morgan fingerprint density at radius 2 is 2.05 bits per heavy atom. The average molecular weight is 403 g/mol. The molecule has 2 aromatic rings. The van der Waals surface area contributed by atoms with Gasteiger partial charge in [0.15, 0.2) is 0 Å². The van der Waals surface area contributed by atoms with E-state index in [2.05, 4.69) is 36.8 Å². The zero-order valence-electron chi connectivity index (χ0n) is 10.3. The summed E-state index contributed by atoms with van der Waals surface area (Å²) in [5, 5.41) is 11.1. The maximum Gasteiger partial charge on any atom is 0.313 e. The molecule has 0 saturated heterocycles. The molecule has 0 aliphatic carbocycles. The smallest absolute Gasteiger partial charge is 0.313 e. The number of nitro groups is 1. The van der Waals surface area contributed by atoms with Crippen molar-refractivity contribution in [2.45, 2.75) is 6.92 Å². The standard InChI is InChI=1S/C12H9Br2N3O3/c1-6-2-7(13)3-10(17(18)19)11(6)20-12-9(14)4-8(15)5-16-12/h2-5H,15H2,1H3. The Hall–Kier alpha value is -1.67. The predicted molar refractivity (Wildman–Crippen MR) is 82.0 cm³/mol. The Labute approximate surface area is 131 Å². The van der Waals surface area contributed by atoms with Crippen molar-refractivity contribution in [1.82, 2.24) is 4.98 Å². The number of nitrogen functional groups attached to an aromatic ring is 1. The molecule has 6 nitrogen and oxygen atoms in total. The molecule has 0 atom stereocenters. The molecule has 2 rings (SSSR count). The summed E-state index contributed by atoms with van der Waals surface area (Å²) >= 11 is 6.48. The number of pyridine rings is 1. The molecule has 104 valence electrons. The van der Waals surface area contributed by atoms with Gasteiger partial charge < -0.3 is 10.5 Å². The van der Waals surface area contributed by atoms with Crippen molar-refractivity contribution in [2.75, 3.05) is 5.73 Å². The zero-order valence-corrected chi connectivity index (χ0v) is 13.4. The van der Waals surface area contributed by atoms with Gasteiger partial charge in [0, 0.05) is 16.1 Å². The van der Waals surface area contributed by atoms with Gasteiger partial charge in [0.05, 0.1) is 21.3 Å². The highest BCUT2D eigenvalue weighted by Crippen LogP contribution is 2.38. The van der Waals surface area contributed by atoms with Crippen LogP contribution in [0.15, 0.2) is 33.3 Å². The highest BCUT2D eigenvalue weighted by Gasteiger charge is 2.21. The third kappa shape index (κ3) is 3.07. The molecule has 0 radical (unpaired) electrons. The molecule has 1 aromatic heterocycles. The first-order valence-electron chi connectivity index (χ1n) is 5.42. The molecule has 1 heterocycles. The van der Waals surface area contributed by atoms with E-state index in [1.54, 1.807) is 19.1 Å². The number of hydrogen-bond donors (Lipinski definition) is 1. The van der Waals surface area contributed by atoms with Crippen LogP contribution in [0.4, 0.5) is 11.4 Å². The Kier molecular flexibility index (Phi) is 4.24. The van der Waals surface area contributed by atoms with Crippen molar-refractivity contribution in [3.63, 3.8) is 0 Å². The fourth-order valence-corrected chi connectivity index (χ4v) is 2.60. The number of rotatable bonds is 3. The van der Waals surface area contributed by atoms with Crippen LogP contribution < -0.4 is 10.5 Å². The highest BCUT2D eigenvalue weighted by atomic mass is 79.9. The lowest BCUT2D eigenvalue weighted by molar-refractivity contribution is -0.385. The van der Waals surface area contributed by atoms with Crippen molar-refractivity contribution < 1.29 is 9.66 Å². The van der Waals surface area contributed by atoms with Gasteiger partial charge in [0.25, 0.3) is 0 Å². The number of ether oxygens (including phenoxy) is 1. The number of hydrogen-bond acceptors (Lipinski definition) is 5. The van der Waals surface area contributed by atoms with Crippen LogP contribution in [0.3, 0.4) is 0 Å². The SMILES string of the molecule is Cc1cc(Br)cc([N+](=O)[O-])c1Oc1ncc(N)cc1Br. The fraction of sp³-hybridized carbons (Fsp3) is 0.0833. The summed E-state index contributed by atoms with van der Waals surface area (Å²) in [5.74, 6) is 0.365. The molecule has 2 N–H and O–H groups in total. The molecule has 0 amide bonds. The van der Waals surface area contributed by atoms with E-state index in [-0.39, 0.29) is 17.3 Å². The average Bonchev–Trinajstić information content (AvgIpc) is 2.34. The lowest BCUT2D eigenvalue weighted by atomic mass is 10.2. The van der Waals surface area contributed by atoms with E-state index in [1.807, 2.05) is 0 Å². The third-order valence-corrected chi connectivity index (χ3v) is 3.47. The van der Waals surface area contributed by atoms with Crippen LogP contribution in [0.1, 0.15) is 5.56 Å². The molecule has 0 bridgehead atoms. The van der Waals surface area contributed by atoms with Gasteiger partial charge in [0.2, 0.25) is 11.6 Å².